The number of anilines is 3. The molecule has 1 N–H and O–H groups in total. The number of hydrogen-bond donors (Lipinski definition) is 1. The number of aromatic nitrogens is 2. The number of halogens is 1. The molecule has 1 unspecified atom stereocenters. The van der Waals surface area contributed by atoms with Gasteiger partial charge in [0.1, 0.15) is 11.6 Å². The molecule has 5 nitrogen and oxygen atoms in total. The first-order valence-electron chi connectivity index (χ1n) is 8.51. The van der Waals surface area contributed by atoms with E-state index < -0.39 is 0 Å². The van der Waals surface area contributed by atoms with Crippen LogP contribution in [0.3, 0.4) is 0 Å². The summed E-state index contributed by atoms with van der Waals surface area (Å²) in [5.74, 6) is 1.43. The SMILES string of the molecule is CCC(C)Nc1nccc(N2CCN(c3ccccc3F)CC2)n1. The molecule has 6 heteroatoms. The van der Waals surface area contributed by atoms with E-state index in [1.165, 1.54) is 6.07 Å². The summed E-state index contributed by atoms with van der Waals surface area (Å²) in [4.78, 5) is 13.2. The smallest absolute Gasteiger partial charge is 0.224 e. The molecule has 0 spiro atoms. The average molecular weight is 329 g/mol. The number of hydrogen-bond acceptors (Lipinski definition) is 5. The van der Waals surface area contributed by atoms with Crippen molar-refractivity contribution < 1.29 is 4.39 Å². The summed E-state index contributed by atoms with van der Waals surface area (Å²) >= 11 is 0. The topological polar surface area (TPSA) is 44.3 Å². The predicted octanol–water partition coefficient (Wildman–Crippen LogP) is 3.15. The van der Waals surface area contributed by atoms with Crippen molar-refractivity contribution in [2.45, 2.75) is 26.3 Å². The van der Waals surface area contributed by atoms with Crippen molar-refractivity contribution in [2.75, 3.05) is 41.3 Å². The lowest BCUT2D eigenvalue weighted by molar-refractivity contribution is 0.596. The first-order valence-corrected chi connectivity index (χ1v) is 8.51. The van der Waals surface area contributed by atoms with Crippen LogP contribution < -0.4 is 15.1 Å². The van der Waals surface area contributed by atoms with Crippen molar-refractivity contribution in [1.29, 1.82) is 0 Å². The molecule has 24 heavy (non-hydrogen) atoms. The third-order valence-corrected chi connectivity index (χ3v) is 4.43. The van der Waals surface area contributed by atoms with Crippen molar-refractivity contribution in [3.05, 3.63) is 42.3 Å². The molecule has 1 aliphatic rings. The third-order valence-electron chi connectivity index (χ3n) is 4.43. The first-order chi connectivity index (χ1) is 11.7. The molecule has 1 aromatic heterocycles. The van der Waals surface area contributed by atoms with Gasteiger partial charge in [-0.15, -0.1) is 0 Å². The van der Waals surface area contributed by atoms with Crippen molar-refractivity contribution in [1.82, 2.24) is 9.97 Å². The molecule has 2 heterocycles. The number of para-hydroxylation sites is 1. The second-order valence-corrected chi connectivity index (χ2v) is 6.12. The predicted molar refractivity (Wildman–Crippen MR) is 96.2 cm³/mol. The number of rotatable bonds is 5. The van der Waals surface area contributed by atoms with Gasteiger partial charge in [-0.25, -0.2) is 9.37 Å². The lowest BCUT2D eigenvalue weighted by Gasteiger charge is -2.36. The Morgan fingerprint density at radius 2 is 1.83 bits per heavy atom. The maximum Gasteiger partial charge on any atom is 0.224 e. The monoisotopic (exact) mass is 329 g/mol. The van der Waals surface area contributed by atoms with Gasteiger partial charge in [0.25, 0.3) is 0 Å². The van der Waals surface area contributed by atoms with Crippen LogP contribution in [0.5, 0.6) is 0 Å². The fraction of sp³-hybridized carbons (Fsp3) is 0.444. The summed E-state index contributed by atoms with van der Waals surface area (Å²) in [6.07, 6.45) is 2.81. The minimum absolute atomic E-state index is 0.159. The largest absolute Gasteiger partial charge is 0.366 e. The molecule has 1 atom stereocenters. The molecule has 1 aromatic carbocycles. The van der Waals surface area contributed by atoms with Crippen LogP contribution >= 0.6 is 0 Å². The van der Waals surface area contributed by atoms with Gasteiger partial charge in [-0.2, -0.15) is 4.98 Å². The lowest BCUT2D eigenvalue weighted by Crippen LogP contribution is -2.47. The normalized spacial score (nSPS) is 16.1. The van der Waals surface area contributed by atoms with Crippen molar-refractivity contribution in [2.24, 2.45) is 0 Å². The van der Waals surface area contributed by atoms with Crippen molar-refractivity contribution in [3.63, 3.8) is 0 Å². The number of piperazine rings is 1. The van der Waals surface area contributed by atoms with E-state index in [-0.39, 0.29) is 5.82 Å². The molecule has 0 radical (unpaired) electrons. The van der Waals surface area contributed by atoms with Crippen LogP contribution in [0.25, 0.3) is 0 Å². The standard InChI is InChI=1S/C18H24FN5/c1-3-14(2)21-18-20-9-8-17(22-18)24-12-10-23(11-13-24)16-7-5-4-6-15(16)19/h4-9,14H,3,10-13H2,1-2H3,(H,20,21,22). The molecule has 0 amide bonds. The minimum Gasteiger partial charge on any atom is -0.366 e. The molecule has 0 bridgehead atoms. The zero-order valence-electron chi connectivity index (χ0n) is 14.2. The van der Waals surface area contributed by atoms with E-state index in [1.54, 1.807) is 12.3 Å². The Hall–Kier alpha value is -2.37. The van der Waals surface area contributed by atoms with Crippen LogP contribution in [0.15, 0.2) is 36.5 Å². The van der Waals surface area contributed by atoms with Crippen LogP contribution in [-0.2, 0) is 0 Å². The molecular formula is C18H24FN5. The highest BCUT2D eigenvalue weighted by molar-refractivity contribution is 5.51. The van der Waals surface area contributed by atoms with Gasteiger partial charge in [-0.1, -0.05) is 19.1 Å². The lowest BCUT2D eigenvalue weighted by atomic mass is 10.2. The summed E-state index contributed by atoms with van der Waals surface area (Å²) in [7, 11) is 0. The fourth-order valence-electron chi connectivity index (χ4n) is 2.80. The van der Waals surface area contributed by atoms with Gasteiger partial charge in [0.2, 0.25) is 5.95 Å². The number of benzene rings is 1. The van der Waals surface area contributed by atoms with Crippen LogP contribution in [0.2, 0.25) is 0 Å². The molecule has 0 aliphatic carbocycles. The molecule has 2 aromatic rings. The molecule has 1 saturated heterocycles. The second-order valence-electron chi connectivity index (χ2n) is 6.12. The van der Waals surface area contributed by atoms with Gasteiger partial charge in [0.05, 0.1) is 5.69 Å². The maximum absolute atomic E-state index is 13.9. The first kappa shape index (κ1) is 16.5. The zero-order valence-corrected chi connectivity index (χ0v) is 14.2. The minimum atomic E-state index is -0.159. The van der Waals surface area contributed by atoms with Crippen molar-refractivity contribution >= 4 is 17.5 Å². The Labute approximate surface area is 142 Å². The molecule has 128 valence electrons. The van der Waals surface area contributed by atoms with E-state index in [4.69, 9.17) is 0 Å². The van der Waals surface area contributed by atoms with E-state index in [2.05, 4.69) is 38.9 Å². The van der Waals surface area contributed by atoms with Crippen molar-refractivity contribution in [3.8, 4) is 0 Å². The van der Waals surface area contributed by atoms with Gasteiger partial charge in [0, 0.05) is 38.4 Å². The number of nitrogens with zero attached hydrogens (tertiary/aromatic N) is 4. The van der Waals surface area contributed by atoms with E-state index in [0.29, 0.717) is 17.7 Å². The van der Waals surface area contributed by atoms with Crippen LogP contribution in [-0.4, -0.2) is 42.2 Å². The Morgan fingerprint density at radius 3 is 2.54 bits per heavy atom. The fourth-order valence-corrected chi connectivity index (χ4v) is 2.80. The molecule has 0 saturated carbocycles. The molecule has 1 aliphatic heterocycles. The summed E-state index contributed by atoms with van der Waals surface area (Å²) in [5, 5.41) is 3.30. The molecule has 3 rings (SSSR count). The van der Waals surface area contributed by atoms with Gasteiger partial charge in [-0.3, -0.25) is 0 Å². The van der Waals surface area contributed by atoms with Gasteiger partial charge < -0.3 is 15.1 Å². The zero-order chi connectivity index (χ0) is 16.9. The van der Waals surface area contributed by atoms with E-state index >= 15 is 0 Å². The van der Waals surface area contributed by atoms with Crippen LogP contribution in [0, 0.1) is 5.82 Å². The van der Waals surface area contributed by atoms with E-state index in [0.717, 1.165) is 38.4 Å². The Balaban J connectivity index is 1.64. The van der Waals surface area contributed by atoms with E-state index in [1.807, 2.05) is 18.2 Å². The highest BCUT2D eigenvalue weighted by Gasteiger charge is 2.20. The summed E-state index contributed by atoms with van der Waals surface area (Å²) in [6, 6.07) is 9.23. The summed E-state index contributed by atoms with van der Waals surface area (Å²) < 4.78 is 13.9. The highest BCUT2D eigenvalue weighted by Crippen LogP contribution is 2.22. The molecular weight excluding hydrogens is 305 g/mol. The third kappa shape index (κ3) is 3.75. The van der Waals surface area contributed by atoms with E-state index in [9.17, 15) is 4.39 Å². The highest BCUT2D eigenvalue weighted by atomic mass is 19.1. The Kier molecular flexibility index (Phi) is 5.13. The molecule has 1 fully saturated rings. The van der Waals surface area contributed by atoms with Crippen LogP contribution in [0.1, 0.15) is 20.3 Å². The van der Waals surface area contributed by atoms with Gasteiger partial charge in [0.15, 0.2) is 0 Å². The number of nitrogens with one attached hydrogen (secondary N) is 1. The van der Waals surface area contributed by atoms with Gasteiger partial charge in [-0.05, 0) is 31.5 Å². The summed E-state index contributed by atoms with van der Waals surface area (Å²) in [6.45, 7) is 7.42. The Bertz CT molecular complexity index is 670. The van der Waals surface area contributed by atoms with Gasteiger partial charge >= 0.3 is 0 Å². The Morgan fingerprint density at radius 1 is 1.12 bits per heavy atom. The second kappa shape index (κ2) is 7.47. The summed E-state index contributed by atoms with van der Waals surface area (Å²) in [5.41, 5.74) is 0.680. The van der Waals surface area contributed by atoms with Crippen LogP contribution in [0.4, 0.5) is 21.8 Å². The maximum atomic E-state index is 13.9. The average Bonchev–Trinajstić information content (AvgIpc) is 2.62. The quantitative estimate of drug-likeness (QED) is 0.913.